The standard InChI is InChI=1S/C24H43NS/c1-3-5-6-7-8-9-10-11-12-13-14-15-16-17-18-19-23(25)24-21-20-22(4-2)26-24/h20-21,25H,3-19H2,1-2H3. The molecule has 0 fully saturated rings. The van der Waals surface area contributed by atoms with E-state index in [0.717, 1.165) is 18.6 Å². The van der Waals surface area contributed by atoms with Crippen molar-refractivity contribution in [3.8, 4) is 0 Å². The second-order valence-corrected chi connectivity index (χ2v) is 8.97. The molecule has 1 aromatic heterocycles. The number of nitrogens with one attached hydrogen (secondary N) is 1. The van der Waals surface area contributed by atoms with E-state index in [4.69, 9.17) is 5.41 Å². The molecule has 1 rings (SSSR count). The van der Waals surface area contributed by atoms with Crippen molar-refractivity contribution >= 4 is 17.0 Å². The van der Waals surface area contributed by atoms with Gasteiger partial charge < -0.3 is 5.41 Å². The molecule has 1 N–H and O–H groups in total. The molecule has 1 nitrogen and oxygen atoms in total. The molecule has 0 aliphatic heterocycles. The summed E-state index contributed by atoms with van der Waals surface area (Å²) in [6.45, 7) is 4.48. The summed E-state index contributed by atoms with van der Waals surface area (Å²) < 4.78 is 0. The summed E-state index contributed by atoms with van der Waals surface area (Å²) in [4.78, 5) is 2.59. The number of hydrogen-bond donors (Lipinski definition) is 1. The maximum Gasteiger partial charge on any atom is 0.0485 e. The minimum absolute atomic E-state index is 0.851. The molecule has 1 heterocycles. The maximum absolute atomic E-state index is 8.20. The quantitative estimate of drug-likeness (QED) is 0.195. The zero-order valence-corrected chi connectivity index (χ0v) is 18.4. The summed E-state index contributed by atoms with van der Waals surface area (Å²) in [7, 11) is 0. The Morgan fingerprint density at radius 2 is 1.15 bits per heavy atom. The van der Waals surface area contributed by atoms with Gasteiger partial charge in [0.1, 0.15) is 0 Å². The van der Waals surface area contributed by atoms with Crippen molar-refractivity contribution in [3.05, 3.63) is 21.9 Å². The lowest BCUT2D eigenvalue weighted by molar-refractivity contribution is 0.533. The zero-order chi connectivity index (χ0) is 18.9. The van der Waals surface area contributed by atoms with E-state index in [9.17, 15) is 0 Å². The fraction of sp³-hybridized carbons (Fsp3) is 0.792. The van der Waals surface area contributed by atoms with Gasteiger partial charge in [-0.05, 0) is 31.4 Å². The Bertz CT molecular complexity index is 449. The minimum Gasteiger partial charge on any atom is -0.304 e. The molecule has 1 aromatic rings. The SMILES string of the molecule is CCCCCCCCCCCCCCCCCC(=N)c1ccc(CC)s1. The number of unbranched alkanes of at least 4 members (excludes halogenated alkanes) is 14. The van der Waals surface area contributed by atoms with Gasteiger partial charge in [-0.25, -0.2) is 0 Å². The summed E-state index contributed by atoms with van der Waals surface area (Å²) in [6, 6.07) is 4.32. The van der Waals surface area contributed by atoms with Gasteiger partial charge >= 0.3 is 0 Å². The van der Waals surface area contributed by atoms with Crippen molar-refractivity contribution in [1.29, 1.82) is 5.41 Å². The monoisotopic (exact) mass is 377 g/mol. The zero-order valence-electron chi connectivity index (χ0n) is 17.6. The Morgan fingerprint density at radius 1 is 0.692 bits per heavy atom. The van der Waals surface area contributed by atoms with Crippen LogP contribution in [0.5, 0.6) is 0 Å². The lowest BCUT2D eigenvalue weighted by atomic mass is 10.0. The van der Waals surface area contributed by atoms with Crippen LogP contribution in [0.2, 0.25) is 0 Å². The first kappa shape index (κ1) is 23.4. The van der Waals surface area contributed by atoms with Gasteiger partial charge in [0.15, 0.2) is 0 Å². The second-order valence-electron chi connectivity index (χ2n) is 7.80. The molecule has 0 bridgehead atoms. The molecule has 26 heavy (non-hydrogen) atoms. The van der Waals surface area contributed by atoms with E-state index in [2.05, 4.69) is 26.0 Å². The highest BCUT2D eigenvalue weighted by molar-refractivity contribution is 7.14. The van der Waals surface area contributed by atoms with E-state index in [1.165, 1.54) is 106 Å². The Labute approximate surface area is 167 Å². The van der Waals surface area contributed by atoms with E-state index in [-0.39, 0.29) is 0 Å². The molecule has 0 spiro atoms. The average molecular weight is 378 g/mol. The van der Waals surface area contributed by atoms with Crippen LogP contribution in [-0.4, -0.2) is 5.71 Å². The largest absolute Gasteiger partial charge is 0.304 e. The summed E-state index contributed by atoms with van der Waals surface area (Å²) in [5.41, 5.74) is 0.851. The minimum atomic E-state index is 0.851. The Balaban J connectivity index is 1.81. The molecular weight excluding hydrogens is 334 g/mol. The van der Waals surface area contributed by atoms with Crippen molar-refractivity contribution in [2.75, 3.05) is 0 Å². The van der Waals surface area contributed by atoms with E-state index in [1.54, 1.807) is 11.3 Å². The fourth-order valence-electron chi connectivity index (χ4n) is 3.53. The van der Waals surface area contributed by atoms with Crippen LogP contribution in [0.1, 0.15) is 126 Å². The van der Waals surface area contributed by atoms with Crippen LogP contribution in [0.25, 0.3) is 0 Å². The Hall–Kier alpha value is -0.630. The van der Waals surface area contributed by atoms with E-state index < -0.39 is 0 Å². The third-order valence-electron chi connectivity index (χ3n) is 5.34. The molecule has 0 aromatic carbocycles. The topological polar surface area (TPSA) is 23.9 Å². The van der Waals surface area contributed by atoms with Crippen LogP contribution < -0.4 is 0 Å². The van der Waals surface area contributed by atoms with Gasteiger partial charge in [0.05, 0.1) is 0 Å². The highest BCUT2D eigenvalue weighted by Crippen LogP contribution is 2.20. The van der Waals surface area contributed by atoms with E-state index in [0.29, 0.717) is 0 Å². The summed E-state index contributed by atoms with van der Waals surface area (Å²) >= 11 is 1.80. The van der Waals surface area contributed by atoms with Crippen LogP contribution in [0.3, 0.4) is 0 Å². The third kappa shape index (κ3) is 11.9. The molecule has 0 amide bonds. The molecule has 0 saturated heterocycles. The lowest BCUT2D eigenvalue weighted by Gasteiger charge is -2.04. The van der Waals surface area contributed by atoms with E-state index >= 15 is 0 Å². The molecule has 0 radical (unpaired) electrons. The van der Waals surface area contributed by atoms with Crippen LogP contribution in [0, 0.1) is 5.41 Å². The Kier molecular flexibility index (Phi) is 14.9. The molecule has 0 unspecified atom stereocenters. The van der Waals surface area contributed by atoms with Crippen molar-refractivity contribution in [2.24, 2.45) is 0 Å². The smallest absolute Gasteiger partial charge is 0.0485 e. The first-order chi connectivity index (χ1) is 12.8. The van der Waals surface area contributed by atoms with Crippen LogP contribution in [-0.2, 0) is 6.42 Å². The molecule has 2 heteroatoms. The lowest BCUT2D eigenvalue weighted by Crippen LogP contribution is -1.95. The molecule has 0 saturated carbocycles. The van der Waals surface area contributed by atoms with Gasteiger partial charge in [0.2, 0.25) is 0 Å². The second kappa shape index (κ2) is 16.5. The normalized spacial score (nSPS) is 11.2. The van der Waals surface area contributed by atoms with Gasteiger partial charge in [-0.3, -0.25) is 0 Å². The molecule has 0 atom stereocenters. The van der Waals surface area contributed by atoms with Gasteiger partial charge in [-0.2, -0.15) is 0 Å². The van der Waals surface area contributed by atoms with Crippen LogP contribution in [0.4, 0.5) is 0 Å². The Morgan fingerprint density at radius 3 is 1.58 bits per heavy atom. The van der Waals surface area contributed by atoms with Crippen LogP contribution in [0.15, 0.2) is 12.1 Å². The number of aryl methyl sites for hydroxylation is 1. The number of rotatable bonds is 18. The highest BCUT2D eigenvalue weighted by Gasteiger charge is 2.04. The summed E-state index contributed by atoms with van der Waals surface area (Å²) in [6.07, 6.45) is 23.1. The van der Waals surface area contributed by atoms with Gasteiger partial charge in [0.25, 0.3) is 0 Å². The summed E-state index contributed by atoms with van der Waals surface area (Å²) in [5.74, 6) is 0. The predicted molar refractivity (Wildman–Crippen MR) is 120 cm³/mol. The fourth-order valence-corrected chi connectivity index (χ4v) is 4.45. The van der Waals surface area contributed by atoms with Gasteiger partial charge in [0, 0.05) is 15.5 Å². The van der Waals surface area contributed by atoms with Crippen molar-refractivity contribution in [3.63, 3.8) is 0 Å². The molecule has 150 valence electrons. The highest BCUT2D eigenvalue weighted by atomic mass is 32.1. The molecule has 0 aliphatic carbocycles. The average Bonchev–Trinajstić information content (AvgIpc) is 3.14. The van der Waals surface area contributed by atoms with Gasteiger partial charge in [-0.15, -0.1) is 11.3 Å². The molecule has 0 aliphatic rings. The molecular formula is C24H43NS. The van der Waals surface area contributed by atoms with Crippen molar-refractivity contribution in [2.45, 2.75) is 123 Å². The van der Waals surface area contributed by atoms with Crippen molar-refractivity contribution in [1.82, 2.24) is 0 Å². The van der Waals surface area contributed by atoms with Crippen molar-refractivity contribution < 1.29 is 0 Å². The van der Waals surface area contributed by atoms with Crippen LogP contribution >= 0.6 is 11.3 Å². The third-order valence-corrected chi connectivity index (χ3v) is 6.63. The number of hydrogen-bond acceptors (Lipinski definition) is 2. The van der Waals surface area contributed by atoms with Gasteiger partial charge in [-0.1, -0.05) is 104 Å². The van der Waals surface area contributed by atoms with E-state index in [1.807, 2.05) is 0 Å². The first-order valence-electron chi connectivity index (χ1n) is 11.4. The predicted octanol–water partition coefficient (Wildman–Crippen LogP) is 8.94. The first-order valence-corrected chi connectivity index (χ1v) is 12.3. The maximum atomic E-state index is 8.20. The summed E-state index contributed by atoms with van der Waals surface area (Å²) in [5, 5.41) is 8.20. The number of thiophene rings is 1.